The number of hydrogen-bond donors (Lipinski definition) is 1. The van der Waals surface area contributed by atoms with Crippen molar-refractivity contribution in [2.75, 3.05) is 26.8 Å². The molecule has 1 aliphatic rings. The van der Waals surface area contributed by atoms with Gasteiger partial charge in [-0.1, -0.05) is 0 Å². The first-order valence-electron chi connectivity index (χ1n) is 8.89. The normalized spacial score (nSPS) is 20.3. The van der Waals surface area contributed by atoms with E-state index in [1.165, 1.54) is 4.88 Å². The predicted molar refractivity (Wildman–Crippen MR) is 101 cm³/mol. The van der Waals surface area contributed by atoms with Crippen molar-refractivity contribution >= 4 is 17.2 Å². The highest BCUT2D eigenvalue weighted by Crippen LogP contribution is 2.38. The second kappa shape index (κ2) is 8.28. The van der Waals surface area contributed by atoms with Gasteiger partial charge in [0.15, 0.2) is 0 Å². The fraction of sp³-hybridized carbons (Fsp3) is 0.611. The average molecular weight is 378 g/mol. The van der Waals surface area contributed by atoms with Crippen LogP contribution in [0.25, 0.3) is 0 Å². The molecule has 0 radical (unpaired) electrons. The van der Waals surface area contributed by atoms with Crippen molar-refractivity contribution in [1.82, 2.24) is 25.0 Å². The largest absolute Gasteiger partial charge is 0.383 e. The fourth-order valence-corrected chi connectivity index (χ4v) is 4.34. The maximum Gasteiger partial charge on any atom is 0.223 e. The molecule has 0 unspecified atom stereocenters. The molecule has 3 heterocycles. The van der Waals surface area contributed by atoms with Gasteiger partial charge in [-0.15, -0.1) is 11.3 Å². The number of rotatable bonds is 8. The van der Waals surface area contributed by atoms with Crippen molar-refractivity contribution in [3.63, 3.8) is 0 Å². The van der Waals surface area contributed by atoms with E-state index >= 15 is 0 Å². The molecule has 1 saturated heterocycles. The third-order valence-electron chi connectivity index (χ3n) is 5.20. The highest BCUT2D eigenvalue weighted by atomic mass is 32.1. The van der Waals surface area contributed by atoms with Gasteiger partial charge in [-0.25, -0.2) is 4.98 Å². The Labute approximate surface area is 158 Å². The summed E-state index contributed by atoms with van der Waals surface area (Å²) in [5.41, 5.74) is 5.19. The lowest BCUT2D eigenvalue weighted by Crippen LogP contribution is -2.34. The molecule has 2 aromatic rings. The maximum absolute atomic E-state index is 12.6. The average Bonchev–Trinajstić information content (AvgIpc) is 3.26. The summed E-state index contributed by atoms with van der Waals surface area (Å²) in [6.07, 6.45) is 2.45. The molecule has 0 aliphatic carbocycles. The van der Waals surface area contributed by atoms with E-state index in [0.29, 0.717) is 19.6 Å². The molecule has 1 fully saturated rings. The predicted octanol–water partition coefficient (Wildman–Crippen LogP) is 1.82. The number of carbonyl (C=O) groups excluding carboxylic acids is 1. The number of amides is 1. The number of likely N-dealkylation sites (tertiary alicyclic amines) is 1. The molecule has 3 rings (SSSR count). The molecular formula is C18H27N5O2S. The van der Waals surface area contributed by atoms with Crippen LogP contribution in [-0.4, -0.2) is 52.4 Å². The Morgan fingerprint density at radius 1 is 1.42 bits per heavy atom. The molecule has 8 heteroatoms. The molecule has 1 amide bonds. The number of ether oxygens (including phenoxy) is 1. The van der Waals surface area contributed by atoms with Crippen LogP contribution in [0, 0.1) is 19.8 Å². The summed E-state index contributed by atoms with van der Waals surface area (Å²) in [5, 5.41) is 7.91. The number of nitrogens with zero attached hydrogens (tertiary/aromatic N) is 4. The minimum absolute atomic E-state index is 0.0430. The van der Waals surface area contributed by atoms with Crippen molar-refractivity contribution in [1.29, 1.82) is 0 Å². The lowest BCUT2D eigenvalue weighted by Gasteiger charge is -2.28. The van der Waals surface area contributed by atoms with Crippen molar-refractivity contribution < 1.29 is 9.53 Å². The van der Waals surface area contributed by atoms with Gasteiger partial charge < -0.3 is 15.0 Å². The number of carbonyl (C=O) groups is 1. The highest BCUT2D eigenvalue weighted by molar-refractivity contribution is 7.09. The Hall–Kier alpha value is -1.77. The molecule has 0 aromatic carbocycles. The van der Waals surface area contributed by atoms with Crippen molar-refractivity contribution in [3.8, 4) is 0 Å². The molecular weight excluding hydrogens is 350 g/mol. The van der Waals surface area contributed by atoms with E-state index in [4.69, 9.17) is 4.74 Å². The zero-order valence-electron chi connectivity index (χ0n) is 15.9. The molecule has 0 saturated carbocycles. The second-order valence-electron chi connectivity index (χ2n) is 6.79. The number of methoxy groups -OCH3 is 1. The van der Waals surface area contributed by atoms with Crippen LogP contribution in [-0.2, 0) is 23.1 Å². The Kier molecular flexibility index (Phi) is 6.05. The van der Waals surface area contributed by atoms with Gasteiger partial charge in [0, 0.05) is 62.3 Å². The van der Waals surface area contributed by atoms with Gasteiger partial charge in [-0.05, 0) is 13.8 Å². The summed E-state index contributed by atoms with van der Waals surface area (Å²) < 4.78 is 7.09. The van der Waals surface area contributed by atoms with Crippen LogP contribution in [0.4, 0.5) is 0 Å². The van der Waals surface area contributed by atoms with Gasteiger partial charge in [0.25, 0.3) is 0 Å². The van der Waals surface area contributed by atoms with Gasteiger partial charge in [0.2, 0.25) is 5.91 Å². The van der Waals surface area contributed by atoms with E-state index in [1.54, 1.807) is 18.4 Å². The van der Waals surface area contributed by atoms with Gasteiger partial charge in [0.05, 0.1) is 30.1 Å². The maximum atomic E-state index is 12.6. The van der Waals surface area contributed by atoms with Crippen LogP contribution in [0.2, 0.25) is 0 Å². The molecule has 1 N–H and O–H groups in total. The van der Waals surface area contributed by atoms with E-state index < -0.39 is 0 Å². The van der Waals surface area contributed by atoms with Gasteiger partial charge >= 0.3 is 0 Å². The third kappa shape index (κ3) is 3.82. The Morgan fingerprint density at radius 3 is 2.85 bits per heavy atom. The highest BCUT2D eigenvalue weighted by Gasteiger charge is 2.41. The topological polar surface area (TPSA) is 72.3 Å². The van der Waals surface area contributed by atoms with Crippen molar-refractivity contribution in [2.45, 2.75) is 32.9 Å². The minimum atomic E-state index is 0.0430. The monoisotopic (exact) mass is 377 g/mol. The quantitative estimate of drug-likeness (QED) is 0.760. The van der Waals surface area contributed by atoms with E-state index in [2.05, 4.69) is 22.3 Å². The summed E-state index contributed by atoms with van der Waals surface area (Å²) in [5.74, 6) is 0.409. The van der Waals surface area contributed by atoms with Crippen LogP contribution in [0.3, 0.4) is 0 Å². The number of thiazole rings is 1. The summed E-state index contributed by atoms with van der Waals surface area (Å²) in [6.45, 7) is 6.82. The van der Waals surface area contributed by atoms with Gasteiger partial charge in [-0.3, -0.25) is 9.48 Å². The van der Waals surface area contributed by atoms with Gasteiger partial charge in [-0.2, -0.15) is 5.10 Å². The van der Waals surface area contributed by atoms with Crippen molar-refractivity contribution in [2.24, 2.45) is 13.0 Å². The van der Waals surface area contributed by atoms with Crippen LogP contribution >= 0.6 is 11.3 Å². The molecule has 0 spiro atoms. The molecule has 26 heavy (non-hydrogen) atoms. The lowest BCUT2D eigenvalue weighted by molar-refractivity contribution is -0.129. The second-order valence-corrected chi connectivity index (χ2v) is 7.73. The van der Waals surface area contributed by atoms with Crippen LogP contribution in [0.1, 0.15) is 34.3 Å². The van der Waals surface area contributed by atoms with Gasteiger partial charge in [0.1, 0.15) is 0 Å². The smallest absolute Gasteiger partial charge is 0.223 e. The molecule has 2 aromatic heterocycles. The fourth-order valence-electron chi connectivity index (χ4n) is 3.59. The van der Waals surface area contributed by atoms with E-state index in [-0.39, 0.29) is 17.9 Å². The third-order valence-corrected chi connectivity index (χ3v) is 6.14. The zero-order valence-corrected chi connectivity index (χ0v) is 16.7. The Bertz CT molecular complexity index is 757. The van der Waals surface area contributed by atoms with Crippen LogP contribution in [0.15, 0.2) is 11.7 Å². The first kappa shape index (κ1) is 19.0. The molecule has 2 atom stereocenters. The number of nitrogens with one attached hydrogen (secondary N) is 1. The Morgan fingerprint density at radius 2 is 2.23 bits per heavy atom. The molecule has 1 aliphatic heterocycles. The van der Waals surface area contributed by atoms with Crippen LogP contribution < -0.4 is 5.32 Å². The number of hydrogen-bond acceptors (Lipinski definition) is 6. The lowest BCUT2D eigenvalue weighted by atomic mass is 9.94. The Balaban J connectivity index is 1.74. The van der Waals surface area contributed by atoms with E-state index in [1.807, 2.05) is 35.3 Å². The summed E-state index contributed by atoms with van der Waals surface area (Å²) >= 11 is 1.67. The first-order chi connectivity index (χ1) is 12.5. The minimum Gasteiger partial charge on any atom is -0.383 e. The van der Waals surface area contributed by atoms with Crippen molar-refractivity contribution in [3.05, 3.63) is 33.5 Å². The zero-order chi connectivity index (χ0) is 18.7. The summed E-state index contributed by atoms with van der Waals surface area (Å²) in [7, 11) is 3.61. The molecule has 142 valence electrons. The standard InChI is InChI=1S/C18H27N5O2S/c1-12-16(26-11-20-12)10-19-8-14-7-17(24)23(5-6-25-4)18(14)15-9-21-22(3)13(15)2/h9,11,14,18-19H,5-8,10H2,1-4H3/t14-,18+/m0/s1. The number of aryl methyl sites for hydroxylation is 2. The summed E-state index contributed by atoms with van der Waals surface area (Å²) in [6, 6.07) is 0.0430. The van der Waals surface area contributed by atoms with E-state index in [9.17, 15) is 4.79 Å². The van der Waals surface area contributed by atoms with Crippen LogP contribution in [0.5, 0.6) is 0 Å². The molecule has 0 bridgehead atoms. The molecule has 7 nitrogen and oxygen atoms in total. The SMILES string of the molecule is COCCN1C(=O)C[C@@H](CNCc2scnc2C)[C@@H]1c1cnn(C)c1C. The number of aromatic nitrogens is 3. The van der Waals surface area contributed by atoms with E-state index in [0.717, 1.165) is 30.0 Å². The summed E-state index contributed by atoms with van der Waals surface area (Å²) in [4.78, 5) is 20.1. The first-order valence-corrected chi connectivity index (χ1v) is 9.77.